The molecule has 1 unspecified atom stereocenters. The first-order valence-electron chi connectivity index (χ1n) is 7.35. The first kappa shape index (κ1) is 16.2. The van der Waals surface area contributed by atoms with E-state index in [1.807, 2.05) is 36.4 Å². The van der Waals surface area contributed by atoms with Gasteiger partial charge in [0.05, 0.1) is 17.0 Å². The van der Waals surface area contributed by atoms with E-state index in [1.54, 1.807) is 35.4 Å². The minimum Gasteiger partial charge on any atom is -0.367 e. The Hall–Kier alpha value is -2.63. The highest BCUT2D eigenvalue weighted by Crippen LogP contribution is 2.25. The zero-order valence-electron chi connectivity index (χ0n) is 13.0. The van der Waals surface area contributed by atoms with Gasteiger partial charge in [0, 0.05) is 25.2 Å². The molecule has 3 aromatic rings. The van der Waals surface area contributed by atoms with E-state index in [1.165, 1.54) is 7.11 Å². The van der Waals surface area contributed by atoms with Crippen LogP contribution in [0, 0.1) is 0 Å². The predicted octanol–water partition coefficient (Wildman–Crippen LogP) is 3.85. The number of halogens is 1. The van der Waals surface area contributed by atoms with Gasteiger partial charge < -0.3 is 14.6 Å². The van der Waals surface area contributed by atoms with E-state index >= 15 is 0 Å². The Morgan fingerprint density at radius 3 is 2.67 bits per heavy atom. The molecule has 0 aliphatic heterocycles. The van der Waals surface area contributed by atoms with Crippen LogP contribution in [-0.2, 0) is 9.53 Å². The third kappa shape index (κ3) is 3.48. The van der Waals surface area contributed by atoms with Gasteiger partial charge in [-0.1, -0.05) is 41.9 Å². The van der Waals surface area contributed by atoms with E-state index in [2.05, 4.69) is 10.3 Å². The summed E-state index contributed by atoms with van der Waals surface area (Å²) in [5.74, 6) is -0.254. The van der Waals surface area contributed by atoms with Crippen molar-refractivity contribution in [2.45, 2.75) is 6.10 Å². The third-order valence-electron chi connectivity index (χ3n) is 3.57. The number of nitrogens with zero attached hydrogens (tertiary/aromatic N) is 2. The SMILES string of the molecule is COC(C(=O)Nc1ccc(-n2ccnc2)c(Cl)c1)c1ccccc1. The van der Waals surface area contributed by atoms with Crippen LogP contribution < -0.4 is 5.32 Å². The summed E-state index contributed by atoms with van der Waals surface area (Å²) in [4.78, 5) is 16.5. The maximum absolute atomic E-state index is 12.5. The lowest BCUT2D eigenvalue weighted by atomic mass is 10.1. The van der Waals surface area contributed by atoms with E-state index in [0.29, 0.717) is 10.7 Å². The van der Waals surface area contributed by atoms with Crippen molar-refractivity contribution in [1.82, 2.24) is 9.55 Å². The van der Waals surface area contributed by atoms with Crippen LogP contribution in [-0.4, -0.2) is 22.6 Å². The molecule has 122 valence electrons. The topological polar surface area (TPSA) is 56.1 Å². The number of ether oxygens (including phenoxy) is 1. The van der Waals surface area contributed by atoms with Crippen molar-refractivity contribution < 1.29 is 9.53 Å². The van der Waals surface area contributed by atoms with Crippen LogP contribution in [0.5, 0.6) is 0 Å². The molecule has 2 aromatic carbocycles. The highest BCUT2D eigenvalue weighted by Gasteiger charge is 2.20. The Bertz CT molecular complexity index is 820. The standard InChI is InChI=1S/C18H16ClN3O2/c1-24-17(13-5-3-2-4-6-13)18(23)21-14-7-8-16(15(19)11-14)22-10-9-20-12-22/h2-12,17H,1H3,(H,21,23). The van der Waals surface area contributed by atoms with Crippen molar-refractivity contribution in [1.29, 1.82) is 0 Å². The Labute approximate surface area is 144 Å². The van der Waals surface area contributed by atoms with E-state index < -0.39 is 6.10 Å². The second-order valence-corrected chi connectivity index (χ2v) is 5.56. The van der Waals surface area contributed by atoms with Gasteiger partial charge in [0.15, 0.2) is 6.10 Å². The molecule has 24 heavy (non-hydrogen) atoms. The molecule has 0 fully saturated rings. The molecule has 0 bridgehead atoms. The van der Waals surface area contributed by atoms with Gasteiger partial charge in [-0.3, -0.25) is 4.79 Å². The van der Waals surface area contributed by atoms with Gasteiger partial charge >= 0.3 is 0 Å². The van der Waals surface area contributed by atoms with Crippen molar-refractivity contribution in [2.75, 3.05) is 12.4 Å². The van der Waals surface area contributed by atoms with Crippen LogP contribution in [0.2, 0.25) is 5.02 Å². The van der Waals surface area contributed by atoms with E-state index in [4.69, 9.17) is 16.3 Å². The molecule has 1 N–H and O–H groups in total. The average molecular weight is 342 g/mol. The molecule has 6 heteroatoms. The van der Waals surface area contributed by atoms with Gasteiger partial charge in [-0.15, -0.1) is 0 Å². The molecule has 0 radical (unpaired) electrons. The number of anilines is 1. The smallest absolute Gasteiger partial charge is 0.258 e. The van der Waals surface area contributed by atoms with Crippen LogP contribution in [0.4, 0.5) is 5.69 Å². The van der Waals surface area contributed by atoms with Crippen LogP contribution in [0.25, 0.3) is 5.69 Å². The molecule has 1 atom stereocenters. The third-order valence-corrected chi connectivity index (χ3v) is 3.88. The maximum atomic E-state index is 12.5. The van der Waals surface area contributed by atoms with E-state index in [-0.39, 0.29) is 5.91 Å². The predicted molar refractivity (Wildman–Crippen MR) is 93.4 cm³/mol. The van der Waals surface area contributed by atoms with Gasteiger partial charge in [-0.25, -0.2) is 4.98 Å². The number of benzene rings is 2. The number of carbonyl (C=O) groups is 1. The summed E-state index contributed by atoms with van der Waals surface area (Å²) < 4.78 is 7.13. The summed E-state index contributed by atoms with van der Waals surface area (Å²) in [6.45, 7) is 0. The minimum absolute atomic E-state index is 0.254. The molecule has 1 heterocycles. The number of carbonyl (C=O) groups excluding carboxylic acids is 1. The highest BCUT2D eigenvalue weighted by atomic mass is 35.5. The fourth-order valence-corrected chi connectivity index (χ4v) is 2.70. The number of rotatable bonds is 5. The molecule has 0 saturated carbocycles. The Balaban J connectivity index is 1.78. The molecular weight excluding hydrogens is 326 g/mol. The number of amides is 1. The summed E-state index contributed by atoms with van der Waals surface area (Å²) in [7, 11) is 1.51. The molecule has 5 nitrogen and oxygen atoms in total. The molecule has 3 rings (SSSR count). The number of aromatic nitrogens is 2. The summed E-state index contributed by atoms with van der Waals surface area (Å²) >= 11 is 6.30. The summed E-state index contributed by atoms with van der Waals surface area (Å²) in [6.07, 6.45) is 4.46. The first-order chi connectivity index (χ1) is 11.7. The number of methoxy groups -OCH3 is 1. The van der Waals surface area contributed by atoms with E-state index in [0.717, 1.165) is 11.3 Å². The second-order valence-electron chi connectivity index (χ2n) is 5.15. The largest absolute Gasteiger partial charge is 0.367 e. The van der Waals surface area contributed by atoms with Gasteiger partial charge in [0.25, 0.3) is 5.91 Å². The highest BCUT2D eigenvalue weighted by molar-refractivity contribution is 6.32. The fraction of sp³-hybridized carbons (Fsp3) is 0.111. The summed E-state index contributed by atoms with van der Waals surface area (Å²) in [5, 5.41) is 3.34. The van der Waals surface area contributed by atoms with Crippen molar-refractivity contribution in [2.24, 2.45) is 0 Å². The number of hydrogen-bond acceptors (Lipinski definition) is 3. The van der Waals surface area contributed by atoms with E-state index in [9.17, 15) is 4.79 Å². The van der Waals surface area contributed by atoms with Gasteiger partial charge in [0.2, 0.25) is 0 Å². The number of hydrogen-bond donors (Lipinski definition) is 1. The zero-order chi connectivity index (χ0) is 16.9. The monoisotopic (exact) mass is 341 g/mol. The zero-order valence-corrected chi connectivity index (χ0v) is 13.8. The van der Waals surface area contributed by atoms with Gasteiger partial charge in [0.1, 0.15) is 0 Å². The molecule has 1 amide bonds. The quantitative estimate of drug-likeness (QED) is 0.766. The molecule has 0 spiro atoms. The first-order valence-corrected chi connectivity index (χ1v) is 7.73. The van der Waals surface area contributed by atoms with Crippen LogP contribution in [0.15, 0.2) is 67.3 Å². The molecule has 0 aliphatic carbocycles. The normalized spacial score (nSPS) is 11.9. The minimum atomic E-state index is -0.682. The number of imidazole rings is 1. The second kappa shape index (κ2) is 7.29. The lowest BCUT2D eigenvalue weighted by Gasteiger charge is -2.16. The molecule has 0 aliphatic rings. The maximum Gasteiger partial charge on any atom is 0.258 e. The van der Waals surface area contributed by atoms with Crippen molar-refractivity contribution in [3.63, 3.8) is 0 Å². The van der Waals surface area contributed by atoms with Crippen molar-refractivity contribution in [3.05, 3.63) is 77.8 Å². The number of nitrogens with one attached hydrogen (secondary N) is 1. The summed E-state index contributed by atoms with van der Waals surface area (Å²) in [6, 6.07) is 14.6. The van der Waals surface area contributed by atoms with Crippen LogP contribution in [0.3, 0.4) is 0 Å². The Morgan fingerprint density at radius 1 is 1.25 bits per heavy atom. The Kier molecular flexibility index (Phi) is 4.93. The van der Waals surface area contributed by atoms with Gasteiger partial charge in [-0.05, 0) is 23.8 Å². The van der Waals surface area contributed by atoms with Crippen molar-refractivity contribution in [3.8, 4) is 5.69 Å². The van der Waals surface area contributed by atoms with Crippen molar-refractivity contribution >= 4 is 23.2 Å². The summed E-state index contributed by atoms with van der Waals surface area (Å²) in [5.41, 5.74) is 2.18. The van der Waals surface area contributed by atoms with Gasteiger partial charge in [-0.2, -0.15) is 0 Å². The Morgan fingerprint density at radius 2 is 2.04 bits per heavy atom. The molecular formula is C18H16ClN3O2. The molecule has 1 aromatic heterocycles. The molecule has 0 saturated heterocycles. The fourth-order valence-electron chi connectivity index (χ4n) is 2.43. The van der Waals surface area contributed by atoms with Crippen LogP contribution >= 0.6 is 11.6 Å². The lowest BCUT2D eigenvalue weighted by Crippen LogP contribution is -2.22. The van der Waals surface area contributed by atoms with Crippen LogP contribution in [0.1, 0.15) is 11.7 Å². The average Bonchev–Trinajstić information content (AvgIpc) is 3.11. The lowest BCUT2D eigenvalue weighted by molar-refractivity contribution is -0.126.